The lowest BCUT2D eigenvalue weighted by molar-refractivity contribution is 0.0894. The van der Waals surface area contributed by atoms with Gasteiger partial charge in [-0.25, -0.2) is 0 Å². The number of hydrogen-bond donors (Lipinski definition) is 0. The van der Waals surface area contributed by atoms with Crippen molar-refractivity contribution in [3.63, 3.8) is 0 Å². The van der Waals surface area contributed by atoms with Crippen molar-refractivity contribution in [3.05, 3.63) is 107 Å². The Morgan fingerprint density at radius 2 is 1.17 bits per heavy atom. The maximum absolute atomic E-state index is 6.07. The van der Waals surface area contributed by atoms with Crippen molar-refractivity contribution in [1.29, 1.82) is 0 Å². The van der Waals surface area contributed by atoms with Crippen molar-refractivity contribution in [3.8, 4) is 11.5 Å². The van der Waals surface area contributed by atoms with Gasteiger partial charge in [0.05, 0.1) is 13.2 Å². The summed E-state index contributed by atoms with van der Waals surface area (Å²) < 4.78 is 17.8. The van der Waals surface area contributed by atoms with Crippen LogP contribution in [0.15, 0.2) is 91.0 Å². The van der Waals surface area contributed by atoms with Crippen LogP contribution in [0.5, 0.6) is 11.5 Å². The smallest absolute Gasteiger partial charge is 0.127 e. The van der Waals surface area contributed by atoms with Gasteiger partial charge < -0.3 is 14.2 Å². The summed E-state index contributed by atoms with van der Waals surface area (Å²) in [5, 5.41) is 2.79. The van der Waals surface area contributed by atoms with Crippen LogP contribution in [0, 0.1) is 0 Å². The summed E-state index contributed by atoms with van der Waals surface area (Å²) in [5.74, 6) is 1.67. The average molecular weight is 419 g/mol. The molecule has 0 atom stereocenters. The van der Waals surface area contributed by atoms with Gasteiger partial charge in [0.1, 0.15) is 24.7 Å². The number of benzene rings is 4. The zero-order valence-corrected chi connectivity index (χ0v) is 17.3. The Morgan fingerprint density at radius 3 is 1.87 bits per heavy atom. The molecule has 0 aliphatic heterocycles. The Balaban J connectivity index is 1.35. The molecule has 0 unspecified atom stereocenters. The fraction of sp³-hybridized carbons (Fsp3) is 0.154. The summed E-state index contributed by atoms with van der Waals surface area (Å²) >= 11 is 5.90. The molecule has 0 aliphatic rings. The maximum Gasteiger partial charge on any atom is 0.127 e. The second kappa shape index (κ2) is 10.1. The molecule has 0 spiro atoms. The van der Waals surface area contributed by atoms with Gasteiger partial charge in [-0.05, 0) is 35.4 Å². The molecular weight excluding hydrogens is 396 g/mol. The molecule has 30 heavy (non-hydrogen) atoms. The van der Waals surface area contributed by atoms with Gasteiger partial charge in [0.15, 0.2) is 0 Å². The lowest BCUT2D eigenvalue weighted by Crippen LogP contribution is -2.07. The van der Waals surface area contributed by atoms with E-state index in [9.17, 15) is 0 Å². The number of ether oxygens (including phenoxy) is 3. The largest absolute Gasteiger partial charge is 0.491 e. The van der Waals surface area contributed by atoms with Crippen LogP contribution in [0.3, 0.4) is 0 Å². The minimum absolute atomic E-state index is 0.474. The van der Waals surface area contributed by atoms with E-state index < -0.39 is 0 Å². The molecule has 0 aliphatic carbocycles. The van der Waals surface area contributed by atoms with E-state index in [0.29, 0.717) is 26.4 Å². The third-order valence-electron chi connectivity index (χ3n) is 4.75. The van der Waals surface area contributed by atoms with Crippen molar-refractivity contribution >= 4 is 22.4 Å². The second-order valence-corrected chi connectivity index (χ2v) is 7.35. The first-order valence-electron chi connectivity index (χ1n) is 9.93. The number of halogens is 1. The number of fused-ring (bicyclic) bond motifs is 1. The minimum atomic E-state index is 0.474. The molecule has 4 heteroatoms. The highest BCUT2D eigenvalue weighted by Gasteiger charge is 2.07. The minimum Gasteiger partial charge on any atom is -0.491 e. The van der Waals surface area contributed by atoms with Crippen LogP contribution in [0.25, 0.3) is 10.8 Å². The first-order valence-corrected chi connectivity index (χ1v) is 10.3. The van der Waals surface area contributed by atoms with Crippen LogP contribution in [0.4, 0.5) is 0 Å². The Labute approximate surface area is 181 Å². The monoisotopic (exact) mass is 418 g/mol. The van der Waals surface area contributed by atoms with Gasteiger partial charge in [0, 0.05) is 15.8 Å². The fourth-order valence-electron chi connectivity index (χ4n) is 3.22. The molecule has 0 fully saturated rings. The first-order chi connectivity index (χ1) is 14.8. The predicted molar refractivity (Wildman–Crippen MR) is 121 cm³/mol. The highest BCUT2D eigenvalue weighted by Crippen LogP contribution is 2.32. The molecule has 0 aromatic heterocycles. The Kier molecular flexibility index (Phi) is 6.86. The summed E-state index contributed by atoms with van der Waals surface area (Å²) in [6, 6.07) is 29.9. The molecule has 0 saturated heterocycles. The highest BCUT2D eigenvalue weighted by atomic mass is 35.5. The molecule has 0 radical (unpaired) electrons. The van der Waals surface area contributed by atoms with E-state index in [1.54, 1.807) is 0 Å². The van der Waals surface area contributed by atoms with E-state index in [1.807, 2.05) is 66.7 Å². The van der Waals surface area contributed by atoms with Gasteiger partial charge in [-0.1, -0.05) is 78.3 Å². The van der Waals surface area contributed by atoms with Crippen LogP contribution >= 0.6 is 11.6 Å². The van der Waals surface area contributed by atoms with E-state index in [0.717, 1.165) is 38.4 Å². The lowest BCUT2D eigenvalue weighted by Gasteiger charge is -2.13. The van der Waals surface area contributed by atoms with Crippen LogP contribution in [0.1, 0.15) is 11.1 Å². The molecular formula is C26H23ClO3. The molecule has 3 nitrogen and oxygen atoms in total. The van der Waals surface area contributed by atoms with Crippen LogP contribution < -0.4 is 9.47 Å². The topological polar surface area (TPSA) is 27.7 Å². The summed E-state index contributed by atoms with van der Waals surface area (Å²) in [6.45, 7) is 2.04. The van der Waals surface area contributed by atoms with Gasteiger partial charge in [0.25, 0.3) is 0 Å². The fourth-order valence-corrected chi connectivity index (χ4v) is 3.35. The average Bonchev–Trinajstić information content (AvgIpc) is 2.79. The van der Waals surface area contributed by atoms with Gasteiger partial charge in [-0.2, -0.15) is 0 Å². The molecule has 4 aromatic carbocycles. The normalized spacial score (nSPS) is 10.8. The summed E-state index contributed by atoms with van der Waals surface area (Å²) in [5.41, 5.74) is 2.23. The Bertz CT molecular complexity index is 1080. The predicted octanol–water partition coefficient (Wildman–Crippen LogP) is 6.67. The lowest BCUT2D eigenvalue weighted by atomic mass is 10.1. The highest BCUT2D eigenvalue weighted by molar-refractivity contribution is 6.30. The van der Waals surface area contributed by atoms with E-state index in [4.69, 9.17) is 25.8 Å². The van der Waals surface area contributed by atoms with Crippen molar-refractivity contribution < 1.29 is 14.2 Å². The van der Waals surface area contributed by atoms with Crippen molar-refractivity contribution in [2.75, 3.05) is 13.2 Å². The Morgan fingerprint density at radius 1 is 0.533 bits per heavy atom. The molecule has 4 aromatic rings. The second-order valence-electron chi connectivity index (χ2n) is 6.91. The molecule has 0 amide bonds. The van der Waals surface area contributed by atoms with E-state index in [2.05, 4.69) is 24.3 Å². The molecule has 0 saturated carbocycles. The van der Waals surface area contributed by atoms with Crippen molar-refractivity contribution in [2.24, 2.45) is 0 Å². The summed E-state index contributed by atoms with van der Waals surface area (Å²) in [6.07, 6.45) is 0. The van der Waals surface area contributed by atoms with E-state index in [1.165, 1.54) is 0 Å². The van der Waals surface area contributed by atoms with Crippen LogP contribution in [0.2, 0.25) is 5.02 Å². The van der Waals surface area contributed by atoms with Crippen LogP contribution in [-0.4, -0.2) is 13.2 Å². The standard InChI is InChI=1S/C26H23ClO3/c27-22-14-12-21(13-15-22)18-28-16-17-29-25-10-4-9-24-23(25)8-5-11-26(24)30-19-20-6-2-1-3-7-20/h1-15H,16-19H2. The van der Waals surface area contributed by atoms with E-state index >= 15 is 0 Å². The zero-order valence-electron chi connectivity index (χ0n) is 16.6. The van der Waals surface area contributed by atoms with Gasteiger partial charge in [0.2, 0.25) is 0 Å². The van der Waals surface area contributed by atoms with Gasteiger partial charge >= 0.3 is 0 Å². The van der Waals surface area contributed by atoms with Crippen molar-refractivity contribution in [1.82, 2.24) is 0 Å². The molecule has 0 heterocycles. The quantitative estimate of drug-likeness (QED) is 0.284. The van der Waals surface area contributed by atoms with Gasteiger partial charge in [-0.3, -0.25) is 0 Å². The SMILES string of the molecule is Clc1ccc(COCCOc2cccc3c(OCc4ccccc4)cccc23)cc1. The third kappa shape index (κ3) is 5.32. The third-order valence-corrected chi connectivity index (χ3v) is 5.00. The van der Waals surface area contributed by atoms with E-state index in [-0.39, 0.29) is 0 Å². The Hall–Kier alpha value is -3.01. The first kappa shape index (κ1) is 20.3. The summed E-state index contributed by atoms with van der Waals surface area (Å²) in [4.78, 5) is 0. The molecule has 0 bridgehead atoms. The molecule has 152 valence electrons. The summed E-state index contributed by atoms with van der Waals surface area (Å²) in [7, 11) is 0. The molecule has 4 rings (SSSR count). The van der Waals surface area contributed by atoms with Crippen molar-refractivity contribution in [2.45, 2.75) is 13.2 Å². The van der Waals surface area contributed by atoms with Crippen LogP contribution in [-0.2, 0) is 18.0 Å². The molecule has 0 N–H and O–H groups in total. The van der Waals surface area contributed by atoms with Gasteiger partial charge in [-0.15, -0.1) is 0 Å². The number of rotatable bonds is 9. The maximum atomic E-state index is 6.07. The zero-order chi connectivity index (χ0) is 20.6. The number of hydrogen-bond acceptors (Lipinski definition) is 3.